The Bertz CT molecular complexity index is 1620. The Morgan fingerprint density at radius 2 is 1.73 bits per heavy atom. The Labute approximate surface area is 239 Å². The van der Waals surface area contributed by atoms with Crippen molar-refractivity contribution in [3.05, 3.63) is 95.3 Å². The number of carbonyl (C=O) groups is 1. The molecule has 3 heterocycles. The molecule has 0 aliphatic rings. The second-order valence-corrected chi connectivity index (χ2v) is 9.84. The standard InChI is InChI=1S/C31H34N8O2/c1-4-7-15-29-32-27(31(40)37(5-2)6-3)21-38(29)20-22-16-17-24(26(19-22)28-14-10-11-18-39(28)41)23-12-8-9-13-25(23)30-33-35-36-34-30/h8-14,16-19,21H,4-7,15,20H2,1-3H3,(H,33,34,35,36). The summed E-state index contributed by atoms with van der Waals surface area (Å²) >= 11 is 0. The van der Waals surface area contributed by atoms with Gasteiger partial charge in [-0.3, -0.25) is 4.79 Å². The Hall–Kier alpha value is -4.86. The SMILES string of the molecule is CCCCc1nc(C(=O)N(CC)CC)cn1Cc1ccc(-c2ccccc2-c2nnn[nH]2)c(-c2cccc[n+]2[O-])c1. The number of tetrazole rings is 1. The zero-order valence-corrected chi connectivity index (χ0v) is 23.6. The van der Waals surface area contributed by atoms with Crippen LogP contribution in [0.4, 0.5) is 0 Å². The maximum absolute atomic E-state index is 13.1. The predicted molar refractivity (Wildman–Crippen MR) is 157 cm³/mol. The summed E-state index contributed by atoms with van der Waals surface area (Å²) in [5, 5.41) is 27.4. The Morgan fingerprint density at radius 3 is 2.44 bits per heavy atom. The number of rotatable bonds is 11. The van der Waals surface area contributed by atoms with Crippen molar-refractivity contribution in [3.63, 3.8) is 0 Å². The molecule has 0 atom stereocenters. The normalized spacial score (nSPS) is 11.1. The summed E-state index contributed by atoms with van der Waals surface area (Å²) < 4.78 is 2.95. The van der Waals surface area contributed by atoms with Crippen molar-refractivity contribution in [3.8, 4) is 33.8 Å². The second-order valence-electron chi connectivity index (χ2n) is 9.84. The maximum Gasteiger partial charge on any atom is 0.274 e. The molecule has 0 aliphatic heterocycles. The molecule has 0 aliphatic carbocycles. The number of hydrogen-bond acceptors (Lipinski definition) is 6. The van der Waals surface area contributed by atoms with Crippen molar-refractivity contribution >= 4 is 5.91 Å². The summed E-state index contributed by atoms with van der Waals surface area (Å²) in [6.45, 7) is 7.88. The van der Waals surface area contributed by atoms with Gasteiger partial charge in [-0.25, -0.2) is 10.1 Å². The van der Waals surface area contributed by atoms with Crippen molar-refractivity contribution in [2.24, 2.45) is 0 Å². The monoisotopic (exact) mass is 550 g/mol. The fraction of sp³-hybridized carbons (Fsp3) is 0.290. The number of nitrogens with zero attached hydrogens (tertiary/aromatic N) is 7. The summed E-state index contributed by atoms with van der Waals surface area (Å²) in [5.41, 5.74) is 5.38. The Kier molecular flexibility index (Phi) is 8.47. The smallest absolute Gasteiger partial charge is 0.274 e. The zero-order valence-electron chi connectivity index (χ0n) is 23.6. The minimum Gasteiger partial charge on any atom is -0.618 e. The molecule has 0 spiro atoms. The lowest BCUT2D eigenvalue weighted by atomic mass is 9.92. The zero-order chi connectivity index (χ0) is 28.8. The summed E-state index contributed by atoms with van der Waals surface area (Å²) in [5.74, 6) is 1.37. The van der Waals surface area contributed by atoms with E-state index in [2.05, 4.69) is 38.2 Å². The number of aromatic nitrogens is 7. The molecule has 0 fully saturated rings. The highest BCUT2D eigenvalue weighted by molar-refractivity contribution is 5.92. The van der Waals surface area contributed by atoms with E-state index in [9.17, 15) is 10.0 Å². The molecule has 10 heteroatoms. The van der Waals surface area contributed by atoms with Crippen molar-refractivity contribution in [2.75, 3.05) is 13.1 Å². The van der Waals surface area contributed by atoms with E-state index in [-0.39, 0.29) is 5.91 Å². The number of H-pyrrole nitrogens is 1. The lowest BCUT2D eigenvalue weighted by Crippen LogP contribution is -2.30. The number of pyridine rings is 1. The first-order valence-corrected chi connectivity index (χ1v) is 14.0. The van der Waals surface area contributed by atoms with Gasteiger partial charge in [-0.05, 0) is 59.5 Å². The third-order valence-corrected chi connectivity index (χ3v) is 7.24. The van der Waals surface area contributed by atoms with E-state index >= 15 is 0 Å². The van der Waals surface area contributed by atoms with Crippen LogP contribution in [0, 0.1) is 5.21 Å². The van der Waals surface area contributed by atoms with Crippen LogP contribution in [-0.2, 0) is 13.0 Å². The molecule has 3 aromatic heterocycles. The molecule has 210 valence electrons. The highest BCUT2D eigenvalue weighted by Gasteiger charge is 2.21. The van der Waals surface area contributed by atoms with E-state index in [4.69, 9.17) is 4.98 Å². The van der Waals surface area contributed by atoms with Crippen molar-refractivity contribution in [1.82, 2.24) is 35.1 Å². The largest absolute Gasteiger partial charge is 0.618 e. The van der Waals surface area contributed by atoms with E-state index in [1.54, 1.807) is 11.0 Å². The first kappa shape index (κ1) is 27.7. The van der Waals surface area contributed by atoms with Crippen LogP contribution in [0.15, 0.2) is 73.1 Å². The van der Waals surface area contributed by atoms with Gasteiger partial charge in [0.1, 0.15) is 11.5 Å². The summed E-state index contributed by atoms with van der Waals surface area (Å²) in [6, 6.07) is 19.4. The van der Waals surface area contributed by atoms with Crippen LogP contribution < -0.4 is 4.73 Å². The van der Waals surface area contributed by atoms with Gasteiger partial charge in [0.15, 0.2) is 12.0 Å². The van der Waals surface area contributed by atoms with Gasteiger partial charge in [0.2, 0.25) is 5.69 Å². The van der Waals surface area contributed by atoms with E-state index in [0.717, 1.165) is 57.6 Å². The number of nitrogens with one attached hydrogen (secondary N) is 1. The van der Waals surface area contributed by atoms with E-state index in [0.29, 0.717) is 36.8 Å². The lowest BCUT2D eigenvalue weighted by Gasteiger charge is -2.16. The van der Waals surface area contributed by atoms with Crippen LogP contribution in [0.1, 0.15) is 55.5 Å². The number of amides is 1. The van der Waals surface area contributed by atoms with E-state index < -0.39 is 0 Å². The minimum absolute atomic E-state index is 0.0577. The summed E-state index contributed by atoms with van der Waals surface area (Å²) in [7, 11) is 0. The molecule has 0 saturated carbocycles. The van der Waals surface area contributed by atoms with Crippen LogP contribution in [0.3, 0.4) is 0 Å². The molecule has 5 rings (SSSR count). The molecule has 0 bridgehead atoms. The Balaban J connectivity index is 1.60. The van der Waals surface area contributed by atoms with Crippen molar-refractivity contribution in [1.29, 1.82) is 0 Å². The average molecular weight is 551 g/mol. The number of aryl methyl sites for hydroxylation is 1. The summed E-state index contributed by atoms with van der Waals surface area (Å²) in [4.78, 5) is 19.6. The first-order valence-electron chi connectivity index (χ1n) is 14.0. The maximum atomic E-state index is 13.1. The molecular formula is C31H34N8O2. The summed E-state index contributed by atoms with van der Waals surface area (Å²) in [6.07, 6.45) is 6.16. The van der Waals surface area contributed by atoms with E-state index in [1.807, 2.05) is 68.6 Å². The number of unbranched alkanes of at least 4 members (excludes halogenated alkanes) is 1. The quantitative estimate of drug-likeness (QED) is 0.184. The predicted octanol–water partition coefficient (Wildman–Crippen LogP) is 4.90. The van der Waals surface area contributed by atoms with Gasteiger partial charge in [-0.2, -0.15) is 4.73 Å². The van der Waals surface area contributed by atoms with Gasteiger partial charge < -0.3 is 14.7 Å². The average Bonchev–Trinajstić information content (AvgIpc) is 3.68. The van der Waals surface area contributed by atoms with E-state index in [1.165, 1.54) is 6.20 Å². The molecule has 1 amide bonds. The Morgan fingerprint density at radius 1 is 0.976 bits per heavy atom. The first-order chi connectivity index (χ1) is 20.0. The highest BCUT2D eigenvalue weighted by Crippen LogP contribution is 2.36. The van der Waals surface area contributed by atoms with Crippen LogP contribution in [0.2, 0.25) is 0 Å². The fourth-order valence-corrected chi connectivity index (χ4v) is 5.07. The minimum atomic E-state index is -0.0577. The molecule has 41 heavy (non-hydrogen) atoms. The van der Waals surface area contributed by atoms with Crippen molar-refractivity contribution < 1.29 is 9.52 Å². The topological polar surface area (TPSA) is 120 Å². The van der Waals surface area contributed by atoms with Gasteiger partial charge in [0, 0.05) is 49.9 Å². The third-order valence-electron chi connectivity index (χ3n) is 7.24. The van der Waals surface area contributed by atoms with Gasteiger partial charge in [-0.1, -0.05) is 49.7 Å². The fourth-order valence-electron chi connectivity index (χ4n) is 5.07. The molecular weight excluding hydrogens is 516 g/mol. The van der Waals surface area contributed by atoms with Crippen molar-refractivity contribution in [2.45, 2.75) is 46.6 Å². The number of aromatic amines is 1. The van der Waals surface area contributed by atoms with Crippen LogP contribution in [0.5, 0.6) is 0 Å². The number of carbonyl (C=O) groups excluding carboxylic acids is 1. The van der Waals surface area contributed by atoms with Crippen LogP contribution in [-0.4, -0.2) is 54.1 Å². The molecule has 5 aromatic rings. The molecule has 0 radical (unpaired) electrons. The number of hydrogen-bond donors (Lipinski definition) is 1. The number of imidazole rings is 1. The van der Waals surface area contributed by atoms with Crippen LogP contribution >= 0.6 is 0 Å². The van der Waals surface area contributed by atoms with Gasteiger partial charge in [-0.15, -0.1) is 5.10 Å². The lowest BCUT2D eigenvalue weighted by molar-refractivity contribution is -0.593. The molecule has 0 unspecified atom stereocenters. The highest BCUT2D eigenvalue weighted by atomic mass is 16.5. The van der Waals surface area contributed by atoms with Gasteiger partial charge in [0.05, 0.1) is 5.56 Å². The number of benzene rings is 2. The molecule has 0 saturated heterocycles. The van der Waals surface area contributed by atoms with Gasteiger partial charge >= 0.3 is 0 Å². The molecule has 10 nitrogen and oxygen atoms in total. The van der Waals surface area contributed by atoms with Gasteiger partial charge in [0.25, 0.3) is 5.91 Å². The van der Waals surface area contributed by atoms with Crippen LogP contribution in [0.25, 0.3) is 33.8 Å². The molecule has 1 N–H and O–H groups in total. The second kappa shape index (κ2) is 12.5. The third kappa shape index (κ3) is 5.86. The molecule has 2 aromatic carbocycles.